The topological polar surface area (TPSA) is 43.6 Å². The number of nitrogens with zero attached hydrogens (tertiary/aromatic N) is 2. The summed E-state index contributed by atoms with van der Waals surface area (Å²) in [6.45, 7) is 2.85. The average Bonchev–Trinajstić information content (AvgIpc) is 2.99. The van der Waals surface area contributed by atoms with E-state index in [2.05, 4.69) is 11.9 Å². The van der Waals surface area contributed by atoms with E-state index in [0.29, 0.717) is 4.80 Å². The van der Waals surface area contributed by atoms with Crippen molar-refractivity contribution in [3.05, 3.63) is 53.1 Å². The molecule has 0 radical (unpaired) electrons. The molecule has 0 atom stereocenters. The maximum atomic E-state index is 12.9. The fourth-order valence-corrected chi connectivity index (χ4v) is 4.37. The highest BCUT2D eigenvalue weighted by Gasteiger charge is 2.12. The van der Waals surface area contributed by atoms with Gasteiger partial charge in [0, 0.05) is 11.4 Å². The number of carbonyl (C=O) groups excluding carboxylic acids is 1. The van der Waals surface area contributed by atoms with Gasteiger partial charge in [0.2, 0.25) is 0 Å². The van der Waals surface area contributed by atoms with Crippen LogP contribution in [0, 0.1) is 5.82 Å². The normalized spacial score (nSPS) is 11.9. The van der Waals surface area contributed by atoms with Gasteiger partial charge in [-0.15, -0.1) is 11.8 Å². The summed E-state index contributed by atoms with van der Waals surface area (Å²) in [5, 5.41) is 0. The van der Waals surface area contributed by atoms with Crippen LogP contribution in [0.15, 0.2) is 52.4 Å². The molecule has 0 aliphatic carbocycles. The number of aryl methyl sites for hydroxylation is 1. The summed E-state index contributed by atoms with van der Waals surface area (Å²) in [6, 6.07) is 11.9. The van der Waals surface area contributed by atoms with E-state index in [1.165, 1.54) is 35.2 Å². The van der Waals surface area contributed by atoms with Crippen LogP contribution in [0.2, 0.25) is 0 Å². The quantitative estimate of drug-likeness (QED) is 0.583. The summed E-state index contributed by atoms with van der Waals surface area (Å²) in [6.07, 6.45) is 0.926. The third kappa shape index (κ3) is 4.16. The van der Waals surface area contributed by atoms with Crippen LogP contribution >= 0.6 is 23.1 Å². The number of carbonyl (C=O) groups is 1. The SMILES string of the molecule is CCCn1c(=NC(=O)CSc2ccc(F)cc2)sc2cccc(OC)c21. The Bertz CT molecular complexity index is 977. The van der Waals surface area contributed by atoms with Crippen LogP contribution in [0.4, 0.5) is 4.39 Å². The van der Waals surface area contributed by atoms with Crippen molar-refractivity contribution in [1.82, 2.24) is 4.57 Å². The first-order chi connectivity index (χ1) is 12.6. The molecule has 26 heavy (non-hydrogen) atoms. The third-order valence-electron chi connectivity index (χ3n) is 3.73. The number of hydrogen-bond acceptors (Lipinski definition) is 4. The second-order valence-electron chi connectivity index (χ2n) is 5.59. The Morgan fingerprint density at radius 3 is 2.73 bits per heavy atom. The highest BCUT2D eigenvalue weighted by Crippen LogP contribution is 2.27. The Kier molecular flexibility index (Phi) is 6.11. The van der Waals surface area contributed by atoms with Crippen molar-refractivity contribution in [3.8, 4) is 5.75 Å². The molecule has 1 aromatic heterocycles. The van der Waals surface area contributed by atoms with Crippen molar-refractivity contribution >= 4 is 39.2 Å². The molecule has 0 aliphatic heterocycles. The number of rotatable bonds is 6. The van der Waals surface area contributed by atoms with Gasteiger partial charge in [0.05, 0.1) is 17.6 Å². The zero-order chi connectivity index (χ0) is 18.5. The first-order valence-corrected chi connectivity index (χ1v) is 10.0. The molecule has 0 aliphatic rings. The molecule has 0 N–H and O–H groups in total. The van der Waals surface area contributed by atoms with Gasteiger partial charge >= 0.3 is 0 Å². The van der Waals surface area contributed by atoms with E-state index in [-0.39, 0.29) is 17.5 Å². The lowest BCUT2D eigenvalue weighted by Crippen LogP contribution is -2.17. The van der Waals surface area contributed by atoms with Crippen molar-refractivity contribution in [2.45, 2.75) is 24.8 Å². The Balaban J connectivity index is 1.89. The predicted molar refractivity (Wildman–Crippen MR) is 104 cm³/mol. The highest BCUT2D eigenvalue weighted by molar-refractivity contribution is 8.00. The van der Waals surface area contributed by atoms with E-state index >= 15 is 0 Å². The molecular weight excluding hydrogens is 371 g/mol. The van der Waals surface area contributed by atoms with Crippen molar-refractivity contribution in [2.75, 3.05) is 12.9 Å². The van der Waals surface area contributed by atoms with Gasteiger partial charge in [0.15, 0.2) is 4.80 Å². The predicted octanol–water partition coefficient (Wildman–Crippen LogP) is 4.48. The maximum absolute atomic E-state index is 12.9. The van der Waals surface area contributed by atoms with E-state index in [0.717, 1.165) is 33.8 Å². The Morgan fingerprint density at radius 2 is 2.04 bits per heavy atom. The molecule has 3 rings (SSSR count). The fraction of sp³-hybridized carbons (Fsp3) is 0.263. The van der Waals surface area contributed by atoms with Crippen molar-refractivity contribution in [3.63, 3.8) is 0 Å². The summed E-state index contributed by atoms with van der Waals surface area (Å²) < 4.78 is 21.5. The van der Waals surface area contributed by atoms with Crippen LogP contribution < -0.4 is 9.54 Å². The van der Waals surface area contributed by atoms with Gasteiger partial charge in [-0.1, -0.05) is 24.3 Å². The first-order valence-electron chi connectivity index (χ1n) is 8.24. The number of halogens is 1. The van der Waals surface area contributed by atoms with E-state index in [9.17, 15) is 9.18 Å². The zero-order valence-corrected chi connectivity index (χ0v) is 16.2. The van der Waals surface area contributed by atoms with Gasteiger partial charge < -0.3 is 9.30 Å². The standard InChI is InChI=1S/C19H19FN2O2S2/c1-3-11-22-18-15(24-2)5-4-6-16(18)26-19(22)21-17(23)12-25-14-9-7-13(20)8-10-14/h4-10H,3,11-12H2,1-2H3. The number of para-hydroxylation sites is 1. The summed E-state index contributed by atoms with van der Waals surface area (Å²) >= 11 is 2.83. The summed E-state index contributed by atoms with van der Waals surface area (Å²) in [5.74, 6) is 0.491. The number of fused-ring (bicyclic) bond motifs is 1. The molecule has 1 amide bonds. The number of methoxy groups -OCH3 is 1. The highest BCUT2D eigenvalue weighted by atomic mass is 32.2. The summed E-state index contributed by atoms with van der Waals surface area (Å²) in [4.78, 5) is 18.2. The number of hydrogen-bond donors (Lipinski definition) is 0. The molecule has 0 saturated carbocycles. The lowest BCUT2D eigenvalue weighted by Gasteiger charge is -2.07. The molecular formula is C19H19FN2O2S2. The molecule has 0 fully saturated rings. The monoisotopic (exact) mass is 390 g/mol. The second-order valence-corrected chi connectivity index (χ2v) is 7.65. The third-order valence-corrected chi connectivity index (χ3v) is 5.77. The van der Waals surface area contributed by atoms with Crippen LogP contribution in [-0.2, 0) is 11.3 Å². The molecule has 2 aromatic carbocycles. The largest absolute Gasteiger partial charge is 0.495 e. The minimum atomic E-state index is -0.287. The minimum absolute atomic E-state index is 0.211. The Hall–Kier alpha value is -2.12. The minimum Gasteiger partial charge on any atom is -0.495 e. The first kappa shape index (κ1) is 18.7. The number of aromatic nitrogens is 1. The van der Waals surface area contributed by atoms with Crippen LogP contribution in [0.1, 0.15) is 13.3 Å². The van der Waals surface area contributed by atoms with Crippen molar-refractivity contribution < 1.29 is 13.9 Å². The number of benzene rings is 2. The molecule has 1 heterocycles. The molecule has 0 unspecified atom stereocenters. The molecule has 7 heteroatoms. The fourth-order valence-electron chi connectivity index (χ4n) is 2.59. The van der Waals surface area contributed by atoms with Crippen LogP contribution in [0.5, 0.6) is 5.75 Å². The van der Waals surface area contributed by atoms with Crippen molar-refractivity contribution in [2.24, 2.45) is 4.99 Å². The summed E-state index contributed by atoms with van der Waals surface area (Å²) in [5.41, 5.74) is 0.972. The van der Waals surface area contributed by atoms with Crippen LogP contribution in [0.25, 0.3) is 10.2 Å². The lowest BCUT2D eigenvalue weighted by atomic mass is 10.3. The molecule has 136 valence electrons. The van der Waals surface area contributed by atoms with Gasteiger partial charge in [-0.25, -0.2) is 4.39 Å². The van der Waals surface area contributed by atoms with E-state index in [1.54, 1.807) is 19.2 Å². The van der Waals surface area contributed by atoms with Gasteiger partial charge in [-0.05, 0) is 42.8 Å². The van der Waals surface area contributed by atoms with E-state index in [1.807, 2.05) is 22.8 Å². The van der Waals surface area contributed by atoms with E-state index in [4.69, 9.17) is 4.74 Å². The summed E-state index contributed by atoms with van der Waals surface area (Å²) in [7, 11) is 1.64. The number of ether oxygens (including phenoxy) is 1. The average molecular weight is 391 g/mol. The smallest absolute Gasteiger partial charge is 0.258 e. The number of thiazole rings is 1. The molecule has 0 bridgehead atoms. The molecule has 4 nitrogen and oxygen atoms in total. The number of thioether (sulfide) groups is 1. The maximum Gasteiger partial charge on any atom is 0.258 e. The number of amides is 1. The van der Waals surface area contributed by atoms with Gasteiger partial charge in [-0.2, -0.15) is 4.99 Å². The van der Waals surface area contributed by atoms with Gasteiger partial charge in [-0.3, -0.25) is 4.79 Å². The lowest BCUT2D eigenvalue weighted by molar-refractivity contribution is -0.115. The van der Waals surface area contributed by atoms with Gasteiger partial charge in [0.25, 0.3) is 5.91 Å². The zero-order valence-electron chi connectivity index (χ0n) is 14.6. The molecule has 0 spiro atoms. The van der Waals surface area contributed by atoms with E-state index < -0.39 is 0 Å². The van der Waals surface area contributed by atoms with Crippen LogP contribution in [0.3, 0.4) is 0 Å². The molecule has 0 saturated heterocycles. The Labute approximate surface area is 159 Å². The molecule has 3 aromatic rings. The van der Waals surface area contributed by atoms with Crippen molar-refractivity contribution in [1.29, 1.82) is 0 Å². The Morgan fingerprint density at radius 1 is 1.27 bits per heavy atom. The second kappa shape index (κ2) is 8.51. The van der Waals surface area contributed by atoms with Crippen LogP contribution in [-0.4, -0.2) is 23.3 Å². The van der Waals surface area contributed by atoms with Gasteiger partial charge in [0.1, 0.15) is 17.1 Å².